The third-order valence-corrected chi connectivity index (χ3v) is 3.41. The van der Waals surface area contributed by atoms with Gasteiger partial charge in [-0.3, -0.25) is 4.79 Å². The van der Waals surface area contributed by atoms with E-state index in [1.165, 1.54) is 30.3 Å². The maximum absolute atomic E-state index is 12.5. The Kier molecular flexibility index (Phi) is 5.37. The number of aromatic hydroxyl groups is 2. The van der Waals surface area contributed by atoms with Crippen molar-refractivity contribution in [1.29, 1.82) is 0 Å². The topological polar surface area (TPSA) is 83.8 Å². The predicted molar refractivity (Wildman–Crippen MR) is 89.1 cm³/mol. The largest absolute Gasteiger partial charge is 0.508 e. The highest BCUT2D eigenvalue weighted by atomic mass is 16.5. The Hall–Kier alpha value is -3.08. The van der Waals surface area contributed by atoms with Crippen molar-refractivity contribution in [3.63, 3.8) is 0 Å². The lowest BCUT2D eigenvalue weighted by molar-refractivity contribution is -0.138. The molecule has 0 radical (unpaired) electrons. The summed E-state index contributed by atoms with van der Waals surface area (Å²) in [5.74, 6) is -0.887. The van der Waals surface area contributed by atoms with E-state index in [0.29, 0.717) is 17.6 Å². The Labute approximate surface area is 139 Å². The lowest BCUT2D eigenvalue weighted by atomic mass is 9.99. The molecule has 0 saturated heterocycles. The number of ether oxygens (including phenoxy) is 1. The van der Waals surface area contributed by atoms with E-state index in [0.717, 1.165) is 5.56 Å². The maximum Gasteiger partial charge on any atom is 0.333 e. The van der Waals surface area contributed by atoms with Gasteiger partial charge in [0, 0.05) is 17.6 Å². The molecular weight excluding hydrogens is 308 g/mol. The first-order valence-electron chi connectivity index (χ1n) is 7.36. The van der Waals surface area contributed by atoms with Crippen LogP contribution in [0.2, 0.25) is 0 Å². The fraction of sp³-hybridized carbons (Fsp3) is 0.158. The summed E-state index contributed by atoms with van der Waals surface area (Å²) in [6, 6.07) is 10.5. The quantitative estimate of drug-likeness (QED) is 0.484. The van der Waals surface area contributed by atoms with Crippen LogP contribution in [0.3, 0.4) is 0 Å². The average molecular weight is 326 g/mol. The van der Waals surface area contributed by atoms with Gasteiger partial charge in [0.25, 0.3) is 0 Å². The van der Waals surface area contributed by atoms with E-state index >= 15 is 0 Å². The molecule has 0 saturated carbocycles. The Balaban J connectivity index is 2.13. The zero-order valence-corrected chi connectivity index (χ0v) is 13.3. The minimum Gasteiger partial charge on any atom is -0.508 e. The van der Waals surface area contributed by atoms with Crippen molar-refractivity contribution in [2.24, 2.45) is 0 Å². The van der Waals surface area contributed by atoms with Crippen LogP contribution in [0.4, 0.5) is 0 Å². The van der Waals surface area contributed by atoms with Crippen LogP contribution in [-0.4, -0.2) is 28.6 Å². The zero-order valence-electron chi connectivity index (χ0n) is 13.3. The first-order valence-corrected chi connectivity index (χ1v) is 7.36. The van der Waals surface area contributed by atoms with Crippen molar-refractivity contribution in [3.05, 3.63) is 71.3 Å². The van der Waals surface area contributed by atoms with Crippen LogP contribution in [-0.2, 0) is 16.0 Å². The van der Waals surface area contributed by atoms with Crippen LogP contribution < -0.4 is 0 Å². The van der Waals surface area contributed by atoms with Gasteiger partial charge in [-0.2, -0.15) is 0 Å². The van der Waals surface area contributed by atoms with Gasteiger partial charge in [0.15, 0.2) is 5.78 Å². The van der Waals surface area contributed by atoms with Crippen LogP contribution in [0, 0.1) is 0 Å². The molecule has 0 aliphatic rings. The third kappa shape index (κ3) is 4.23. The number of carbonyl (C=O) groups is 2. The van der Waals surface area contributed by atoms with Crippen LogP contribution in [0.25, 0.3) is 0 Å². The molecule has 2 aromatic carbocycles. The summed E-state index contributed by atoms with van der Waals surface area (Å²) in [4.78, 5) is 23.8. The standard InChI is InChI=1S/C19H18O5/c1-12(2)19(23)24-10-9-13-3-8-17(21)16(11-13)18(22)14-4-6-15(20)7-5-14/h3-8,11,20-21H,1,9-10H2,2H3. The van der Waals surface area contributed by atoms with Gasteiger partial charge in [0.2, 0.25) is 0 Å². The number of benzene rings is 2. The van der Waals surface area contributed by atoms with Gasteiger partial charge in [0.1, 0.15) is 11.5 Å². The molecule has 0 fully saturated rings. The Bertz CT molecular complexity index is 775. The number of rotatable bonds is 6. The van der Waals surface area contributed by atoms with Gasteiger partial charge < -0.3 is 14.9 Å². The fourth-order valence-electron chi connectivity index (χ4n) is 2.07. The molecule has 0 aromatic heterocycles. The van der Waals surface area contributed by atoms with Gasteiger partial charge in [-0.1, -0.05) is 12.6 Å². The average Bonchev–Trinajstić information content (AvgIpc) is 2.56. The normalized spacial score (nSPS) is 10.2. The number of phenols is 2. The van der Waals surface area contributed by atoms with Gasteiger partial charge in [0.05, 0.1) is 12.2 Å². The summed E-state index contributed by atoms with van der Waals surface area (Å²) < 4.78 is 5.02. The highest BCUT2D eigenvalue weighted by molar-refractivity contribution is 6.10. The monoisotopic (exact) mass is 326 g/mol. The molecule has 2 aromatic rings. The van der Waals surface area contributed by atoms with Crippen LogP contribution in [0.15, 0.2) is 54.6 Å². The Morgan fingerprint density at radius 1 is 1.08 bits per heavy atom. The molecule has 0 amide bonds. The van der Waals surface area contributed by atoms with Crippen molar-refractivity contribution >= 4 is 11.8 Å². The molecule has 5 nitrogen and oxygen atoms in total. The molecule has 124 valence electrons. The summed E-state index contributed by atoms with van der Waals surface area (Å²) in [5, 5.41) is 19.2. The van der Waals surface area contributed by atoms with Crippen LogP contribution >= 0.6 is 0 Å². The molecule has 5 heteroatoms. The first kappa shape index (κ1) is 17.3. The summed E-state index contributed by atoms with van der Waals surface area (Å²) >= 11 is 0. The van der Waals surface area contributed by atoms with Gasteiger partial charge >= 0.3 is 5.97 Å². The van der Waals surface area contributed by atoms with Gasteiger partial charge in [-0.15, -0.1) is 0 Å². The van der Waals surface area contributed by atoms with Crippen LogP contribution in [0.1, 0.15) is 28.4 Å². The van der Waals surface area contributed by atoms with E-state index in [2.05, 4.69) is 6.58 Å². The van der Waals surface area contributed by atoms with Crippen LogP contribution in [0.5, 0.6) is 11.5 Å². The summed E-state index contributed by atoms with van der Waals surface area (Å²) in [7, 11) is 0. The fourth-order valence-corrected chi connectivity index (χ4v) is 2.07. The van der Waals surface area contributed by atoms with Gasteiger partial charge in [-0.05, 0) is 48.9 Å². The molecule has 0 aliphatic carbocycles. The smallest absolute Gasteiger partial charge is 0.333 e. The molecule has 2 N–H and O–H groups in total. The summed E-state index contributed by atoms with van der Waals surface area (Å²) in [5.41, 5.74) is 1.59. The van der Waals surface area contributed by atoms with Crippen molar-refractivity contribution in [2.75, 3.05) is 6.61 Å². The molecule has 0 heterocycles. The number of ketones is 1. The molecular formula is C19H18O5. The van der Waals surface area contributed by atoms with E-state index in [1.54, 1.807) is 19.1 Å². The van der Waals surface area contributed by atoms with E-state index in [9.17, 15) is 19.8 Å². The minimum atomic E-state index is -0.464. The van der Waals surface area contributed by atoms with Crippen molar-refractivity contribution in [3.8, 4) is 11.5 Å². The lowest BCUT2D eigenvalue weighted by Gasteiger charge is -2.08. The second-order valence-corrected chi connectivity index (χ2v) is 5.39. The zero-order chi connectivity index (χ0) is 17.7. The van der Waals surface area contributed by atoms with E-state index in [1.807, 2.05) is 0 Å². The van der Waals surface area contributed by atoms with Crippen molar-refractivity contribution in [2.45, 2.75) is 13.3 Å². The maximum atomic E-state index is 12.5. The Morgan fingerprint density at radius 3 is 2.38 bits per heavy atom. The van der Waals surface area contributed by atoms with E-state index < -0.39 is 5.97 Å². The second kappa shape index (κ2) is 7.46. The second-order valence-electron chi connectivity index (χ2n) is 5.39. The third-order valence-electron chi connectivity index (χ3n) is 3.41. The highest BCUT2D eigenvalue weighted by Gasteiger charge is 2.14. The molecule has 0 atom stereocenters. The van der Waals surface area contributed by atoms with Gasteiger partial charge in [-0.25, -0.2) is 4.79 Å². The first-order chi connectivity index (χ1) is 11.4. The molecule has 0 bridgehead atoms. The SMILES string of the molecule is C=C(C)C(=O)OCCc1ccc(O)c(C(=O)c2ccc(O)cc2)c1. The number of hydrogen-bond acceptors (Lipinski definition) is 5. The number of esters is 1. The molecule has 0 unspecified atom stereocenters. The van der Waals surface area contributed by atoms with Crippen molar-refractivity contribution < 1.29 is 24.5 Å². The number of phenolic OH excluding ortho intramolecular Hbond substituents is 2. The molecule has 24 heavy (non-hydrogen) atoms. The molecule has 2 rings (SSSR count). The van der Waals surface area contributed by atoms with Crippen molar-refractivity contribution in [1.82, 2.24) is 0 Å². The number of hydrogen-bond donors (Lipinski definition) is 2. The summed E-state index contributed by atoms with van der Waals surface area (Å²) in [6.07, 6.45) is 0.412. The predicted octanol–water partition coefficient (Wildman–Crippen LogP) is 2.99. The van der Waals surface area contributed by atoms with E-state index in [4.69, 9.17) is 4.74 Å². The lowest BCUT2D eigenvalue weighted by Crippen LogP contribution is -2.08. The molecule has 0 aliphatic heterocycles. The Morgan fingerprint density at radius 2 is 1.75 bits per heavy atom. The summed E-state index contributed by atoms with van der Waals surface area (Å²) in [6.45, 7) is 5.22. The minimum absolute atomic E-state index is 0.0591. The molecule has 0 spiro atoms. The van der Waals surface area contributed by atoms with E-state index in [-0.39, 0.29) is 29.5 Å². The number of carbonyl (C=O) groups excluding carboxylic acids is 2. The highest BCUT2D eigenvalue weighted by Crippen LogP contribution is 2.23.